The van der Waals surface area contributed by atoms with Crippen LogP contribution < -0.4 is 5.32 Å². The van der Waals surface area contributed by atoms with E-state index in [0.29, 0.717) is 28.2 Å². The van der Waals surface area contributed by atoms with Crippen molar-refractivity contribution in [2.45, 2.75) is 18.6 Å². The summed E-state index contributed by atoms with van der Waals surface area (Å²) < 4.78 is 5.29. The Hall–Kier alpha value is -1.53. The molecule has 0 saturated heterocycles. The molecule has 1 N–H and O–H groups in total. The monoisotopic (exact) mass is 297 g/mol. The maximum absolute atomic E-state index is 11.7. The second-order valence-corrected chi connectivity index (χ2v) is 4.97. The summed E-state index contributed by atoms with van der Waals surface area (Å²) in [7, 11) is 0. The van der Waals surface area contributed by atoms with E-state index in [1.54, 1.807) is 24.3 Å². The average Bonchev–Trinajstić information content (AvgIpc) is 2.87. The Labute approximate surface area is 119 Å². The molecule has 1 heterocycles. The third-order valence-electron chi connectivity index (χ3n) is 2.23. The summed E-state index contributed by atoms with van der Waals surface area (Å²) in [6.07, 6.45) is 0.680. The van der Waals surface area contributed by atoms with Gasteiger partial charge in [-0.25, -0.2) is 0 Å². The average molecular weight is 298 g/mol. The number of nitrogens with zero attached hydrogens (tertiary/aromatic N) is 2. The van der Waals surface area contributed by atoms with E-state index in [1.165, 1.54) is 11.8 Å². The lowest BCUT2D eigenvalue weighted by molar-refractivity contribution is -0.113. The topological polar surface area (TPSA) is 68.0 Å². The summed E-state index contributed by atoms with van der Waals surface area (Å²) in [6.45, 7) is 1.92. The Morgan fingerprint density at radius 3 is 2.89 bits per heavy atom. The molecule has 7 heteroatoms. The first kappa shape index (κ1) is 13.9. The molecule has 0 bridgehead atoms. The van der Waals surface area contributed by atoms with Crippen LogP contribution in [0, 0.1) is 0 Å². The molecule has 0 radical (unpaired) electrons. The van der Waals surface area contributed by atoms with Gasteiger partial charge < -0.3 is 9.73 Å². The first-order chi connectivity index (χ1) is 9.19. The van der Waals surface area contributed by atoms with Crippen LogP contribution in [0.4, 0.5) is 5.69 Å². The molecule has 0 unspecified atom stereocenters. The molecule has 0 aliphatic carbocycles. The Morgan fingerprint density at radius 1 is 1.42 bits per heavy atom. The summed E-state index contributed by atoms with van der Waals surface area (Å²) in [5.74, 6) is 0.583. The fourth-order valence-corrected chi connectivity index (χ4v) is 2.08. The van der Waals surface area contributed by atoms with Crippen molar-refractivity contribution in [3.8, 4) is 0 Å². The number of rotatable bonds is 5. The van der Waals surface area contributed by atoms with Gasteiger partial charge in [0.15, 0.2) is 0 Å². The van der Waals surface area contributed by atoms with E-state index in [9.17, 15) is 4.79 Å². The predicted octanol–water partition coefficient (Wildman–Crippen LogP) is 3.02. The maximum Gasteiger partial charge on any atom is 0.277 e. The van der Waals surface area contributed by atoms with Crippen molar-refractivity contribution in [2.24, 2.45) is 0 Å². The molecule has 5 nitrogen and oxygen atoms in total. The zero-order chi connectivity index (χ0) is 13.7. The van der Waals surface area contributed by atoms with E-state index in [1.807, 2.05) is 6.92 Å². The van der Waals surface area contributed by atoms with Gasteiger partial charge in [-0.15, -0.1) is 10.2 Å². The SMILES string of the molecule is CCc1nnc(SCC(=O)Nc2ccccc2Cl)o1. The highest BCUT2D eigenvalue weighted by molar-refractivity contribution is 7.99. The van der Waals surface area contributed by atoms with Gasteiger partial charge in [-0.05, 0) is 12.1 Å². The molecule has 0 fully saturated rings. The van der Waals surface area contributed by atoms with Gasteiger partial charge in [-0.3, -0.25) is 4.79 Å². The Balaban J connectivity index is 1.86. The number of nitrogens with one attached hydrogen (secondary N) is 1. The highest BCUT2D eigenvalue weighted by Crippen LogP contribution is 2.21. The minimum Gasteiger partial charge on any atom is -0.416 e. The highest BCUT2D eigenvalue weighted by Gasteiger charge is 2.10. The number of hydrogen-bond donors (Lipinski definition) is 1. The van der Waals surface area contributed by atoms with E-state index in [0.717, 1.165) is 0 Å². The number of halogens is 1. The molecule has 0 saturated carbocycles. The summed E-state index contributed by atoms with van der Waals surface area (Å²) in [6, 6.07) is 7.07. The summed E-state index contributed by atoms with van der Waals surface area (Å²) >= 11 is 7.14. The largest absolute Gasteiger partial charge is 0.416 e. The summed E-state index contributed by atoms with van der Waals surface area (Å²) in [4.78, 5) is 11.7. The normalized spacial score (nSPS) is 10.4. The van der Waals surface area contributed by atoms with Gasteiger partial charge in [0.2, 0.25) is 11.8 Å². The number of hydrogen-bond acceptors (Lipinski definition) is 5. The van der Waals surface area contributed by atoms with Crippen LogP contribution in [0.2, 0.25) is 5.02 Å². The molecule has 100 valence electrons. The minimum absolute atomic E-state index is 0.172. The van der Waals surface area contributed by atoms with Crippen molar-refractivity contribution in [1.82, 2.24) is 10.2 Å². The molecule has 0 aliphatic rings. The van der Waals surface area contributed by atoms with Crippen molar-refractivity contribution < 1.29 is 9.21 Å². The van der Waals surface area contributed by atoms with Crippen LogP contribution in [0.15, 0.2) is 33.9 Å². The third kappa shape index (κ3) is 3.97. The van der Waals surface area contributed by atoms with Gasteiger partial charge >= 0.3 is 0 Å². The van der Waals surface area contributed by atoms with Gasteiger partial charge in [-0.1, -0.05) is 42.4 Å². The lowest BCUT2D eigenvalue weighted by Gasteiger charge is -2.05. The fourth-order valence-electron chi connectivity index (χ4n) is 1.32. The fraction of sp³-hybridized carbons (Fsp3) is 0.250. The standard InChI is InChI=1S/C12H12ClN3O2S/c1-2-11-15-16-12(18-11)19-7-10(17)14-9-6-4-3-5-8(9)13/h3-6H,2,7H2,1H3,(H,14,17). The number of aromatic nitrogens is 2. The lowest BCUT2D eigenvalue weighted by Crippen LogP contribution is -2.14. The van der Waals surface area contributed by atoms with Crippen molar-refractivity contribution in [3.63, 3.8) is 0 Å². The smallest absolute Gasteiger partial charge is 0.277 e. The van der Waals surface area contributed by atoms with Crippen molar-refractivity contribution in [1.29, 1.82) is 0 Å². The number of anilines is 1. The molecule has 2 rings (SSSR count). The first-order valence-corrected chi connectivity index (χ1v) is 7.05. The minimum atomic E-state index is -0.172. The first-order valence-electron chi connectivity index (χ1n) is 5.68. The van der Waals surface area contributed by atoms with Crippen molar-refractivity contribution in [3.05, 3.63) is 35.2 Å². The number of aryl methyl sites for hydroxylation is 1. The van der Waals surface area contributed by atoms with Crippen LogP contribution in [0.1, 0.15) is 12.8 Å². The molecule has 0 spiro atoms. The quantitative estimate of drug-likeness (QED) is 0.859. The summed E-state index contributed by atoms with van der Waals surface area (Å²) in [5, 5.41) is 11.3. The number of carbonyl (C=O) groups excluding carboxylic acids is 1. The van der Waals surface area contributed by atoms with Gasteiger partial charge in [0.25, 0.3) is 5.22 Å². The number of para-hydroxylation sites is 1. The zero-order valence-corrected chi connectivity index (χ0v) is 11.8. The maximum atomic E-state index is 11.7. The molecular weight excluding hydrogens is 286 g/mol. The number of benzene rings is 1. The highest BCUT2D eigenvalue weighted by atomic mass is 35.5. The zero-order valence-electron chi connectivity index (χ0n) is 10.2. The Morgan fingerprint density at radius 2 is 2.21 bits per heavy atom. The van der Waals surface area contributed by atoms with Crippen molar-refractivity contribution in [2.75, 3.05) is 11.1 Å². The molecule has 1 aromatic carbocycles. The van der Waals surface area contributed by atoms with E-state index in [-0.39, 0.29) is 11.7 Å². The van der Waals surface area contributed by atoms with Crippen LogP contribution in [-0.2, 0) is 11.2 Å². The Kier molecular flexibility index (Phi) is 4.81. The lowest BCUT2D eigenvalue weighted by atomic mass is 10.3. The predicted molar refractivity (Wildman–Crippen MR) is 74.5 cm³/mol. The van der Waals surface area contributed by atoms with Gasteiger partial charge in [0.1, 0.15) is 0 Å². The molecule has 0 atom stereocenters. The van der Waals surface area contributed by atoms with Gasteiger partial charge in [-0.2, -0.15) is 0 Å². The third-order valence-corrected chi connectivity index (χ3v) is 3.37. The van der Waals surface area contributed by atoms with Crippen LogP contribution >= 0.6 is 23.4 Å². The van der Waals surface area contributed by atoms with E-state index in [2.05, 4.69) is 15.5 Å². The number of thioether (sulfide) groups is 1. The van der Waals surface area contributed by atoms with Gasteiger partial charge in [0, 0.05) is 6.42 Å². The second kappa shape index (κ2) is 6.58. The molecular formula is C12H12ClN3O2S. The summed E-state index contributed by atoms with van der Waals surface area (Å²) in [5.41, 5.74) is 0.592. The van der Waals surface area contributed by atoms with Crippen LogP contribution in [0.5, 0.6) is 0 Å². The van der Waals surface area contributed by atoms with Crippen LogP contribution in [-0.4, -0.2) is 21.9 Å². The molecule has 0 aliphatic heterocycles. The number of carbonyl (C=O) groups is 1. The van der Waals surface area contributed by atoms with Crippen molar-refractivity contribution >= 4 is 35.0 Å². The van der Waals surface area contributed by atoms with E-state index < -0.39 is 0 Å². The number of amides is 1. The van der Waals surface area contributed by atoms with Crippen LogP contribution in [0.3, 0.4) is 0 Å². The molecule has 2 aromatic rings. The van der Waals surface area contributed by atoms with E-state index >= 15 is 0 Å². The molecule has 1 aromatic heterocycles. The Bertz CT molecular complexity index is 574. The van der Waals surface area contributed by atoms with Crippen LogP contribution in [0.25, 0.3) is 0 Å². The molecule has 19 heavy (non-hydrogen) atoms. The molecule has 1 amide bonds. The second-order valence-electron chi connectivity index (χ2n) is 3.63. The van der Waals surface area contributed by atoms with E-state index in [4.69, 9.17) is 16.0 Å². The van der Waals surface area contributed by atoms with Gasteiger partial charge in [0.05, 0.1) is 16.5 Å².